The zero-order chi connectivity index (χ0) is 19.7. The number of aromatic nitrogens is 2. The molecule has 1 fully saturated rings. The molecule has 1 aliphatic heterocycles. The molecule has 0 saturated carbocycles. The van der Waals surface area contributed by atoms with Crippen LogP contribution in [0, 0.1) is 5.82 Å². The molecule has 0 spiro atoms. The van der Waals surface area contributed by atoms with Crippen LogP contribution in [0.2, 0.25) is 0 Å². The van der Waals surface area contributed by atoms with Crippen LogP contribution < -0.4 is 0 Å². The number of nitrogens with zero attached hydrogens (tertiary/aromatic N) is 4. The van der Waals surface area contributed by atoms with E-state index in [1.165, 1.54) is 50.0 Å². The smallest absolute Gasteiger partial charge is 0.246 e. The fourth-order valence-corrected chi connectivity index (χ4v) is 5.97. The lowest BCUT2D eigenvalue weighted by molar-refractivity contribution is 0.404. The molecule has 0 amide bonds. The second-order valence-corrected chi connectivity index (χ2v) is 10.3. The van der Waals surface area contributed by atoms with Crippen LogP contribution in [0.25, 0.3) is 0 Å². The van der Waals surface area contributed by atoms with E-state index < -0.39 is 25.9 Å². The molecule has 0 atom stereocenters. The Morgan fingerprint density at radius 3 is 2.26 bits per heavy atom. The van der Waals surface area contributed by atoms with Crippen molar-refractivity contribution in [2.45, 2.75) is 17.1 Å². The van der Waals surface area contributed by atoms with Gasteiger partial charge in [0.2, 0.25) is 20.0 Å². The quantitative estimate of drug-likeness (QED) is 0.718. The topological polar surface area (TPSA) is 92.6 Å². The number of hydrogen-bond acceptors (Lipinski definition) is 5. The van der Waals surface area contributed by atoms with E-state index in [4.69, 9.17) is 0 Å². The minimum atomic E-state index is -3.71. The molecule has 0 bridgehead atoms. The van der Waals surface area contributed by atoms with Gasteiger partial charge in [-0.15, -0.1) is 0 Å². The van der Waals surface area contributed by atoms with E-state index in [1.54, 1.807) is 7.05 Å². The summed E-state index contributed by atoms with van der Waals surface area (Å²) in [5.74, 6) is -0.676. The van der Waals surface area contributed by atoms with Crippen LogP contribution in [0.4, 0.5) is 4.39 Å². The molecular formula is C16H21FN4O4S2. The van der Waals surface area contributed by atoms with Crippen molar-refractivity contribution in [3.05, 3.63) is 48.0 Å². The summed E-state index contributed by atoms with van der Waals surface area (Å²) >= 11 is 0. The van der Waals surface area contributed by atoms with E-state index in [-0.39, 0.29) is 36.8 Å². The van der Waals surface area contributed by atoms with E-state index in [0.717, 1.165) is 0 Å². The predicted molar refractivity (Wildman–Crippen MR) is 97.2 cm³/mol. The van der Waals surface area contributed by atoms with Gasteiger partial charge < -0.3 is 0 Å². The first-order valence-electron chi connectivity index (χ1n) is 8.39. The molecule has 0 unspecified atom stereocenters. The van der Waals surface area contributed by atoms with Gasteiger partial charge in [-0.3, -0.25) is 4.68 Å². The van der Waals surface area contributed by atoms with Gasteiger partial charge in [-0.1, -0.05) is 12.1 Å². The lowest BCUT2D eigenvalue weighted by Crippen LogP contribution is -2.37. The third kappa shape index (κ3) is 4.54. The summed E-state index contributed by atoms with van der Waals surface area (Å²) in [5.41, 5.74) is 0.487. The Kier molecular flexibility index (Phi) is 5.65. The van der Waals surface area contributed by atoms with Crippen LogP contribution in [0.1, 0.15) is 12.0 Å². The second kappa shape index (κ2) is 7.66. The number of sulfonamides is 2. The number of rotatable bonds is 5. The van der Waals surface area contributed by atoms with Crippen molar-refractivity contribution in [1.82, 2.24) is 18.4 Å². The van der Waals surface area contributed by atoms with Gasteiger partial charge in [0.15, 0.2) is 0 Å². The first-order valence-corrected chi connectivity index (χ1v) is 11.4. The maximum atomic E-state index is 13.0. The summed E-state index contributed by atoms with van der Waals surface area (Å²) < 4.78 is 67.7. The SMILES string of the molecule is Cn1cc(S(=O)(=O)N2CCCN(S(=O)(=O)Cc3ccc(F)cc3)CC2)cn1. The summed E-state index contributed by atoms with van der Waals surface area (Å²) in [5, 5.41) is 3.89. The summed E-state index contributed by atoms with van der Waals surface area (Å²) in [6.07, 6.45) is 3.09. The van der Waals surface area contributed by atoms with Crippen LogP contribution in [0.3, 0.4) is 0 Å². The maximum Gasteiger partial charge on any atom is 0.246 e. The molecule has 2 heterocycles. The van der Waals surface area contributed by atoms with E-state index in [0.29, 0.717) is 12.0 Å². The van der Waals surface area contributed by atoms with Crippen LogP contribution in [0.5, 0.6) is 0 Å². The van der Waals surface area contributed by atoms with Crippen molar-refractivity contribution in [3.63, 3.8) is 0 Å². The highest BCUT2D eigenvalue weighted by atomic mass is 32.2. The van der Waals surface area contributed by atoms with Crippen molar-refractivity contribution in [2.24, 2.45) is 7.05 Å². The second-order valence-electron chi connectivity index (χ2n) is 6.39. The molecule has 1 aromatic heterocycles. The first kappa shape index (κ1) is 19.9. The zero-order valence-electron chi connectivity index (χ0n) is 14.8. The summed E-state index contributed by atoms with van der Waals surface area (Å²) in [6.45, 7) is 0.616. The van der Waals surface area contributed by atoms with E-state index in [1.807, 2.05) is 0 Å². The van der Waals surface area contributed by atoms with Gasteiger partial charge in [0.1, 0.15) is 10.7 Å². The number of aryl methyl sites for hydroxylation is 1. The molecule has 2 aromatic rings. The Labute approximate surface area is 158 Å². The highest BCUT2D eigenvalue weighted by Gasteiger charge is 2.31. The van der Waals surface area contributed by atoms with Gasteiger partial charge in [0, 0.05) is 39.4 Å². The molecule has 148 valence electrons. The van der Waals surface area contributed by atoms with Gasteiger partial charge in [0.05, 0.1) is 11.9 Å². The van der Waals surface area contributed by atoms with E-state index in [9.17, 15) is 21.2 Å². The average molecular weight is 417 g/mol. The van der Waals surface area contributed by atoms with Gasteiger partial charge >= 0.3 is 0 Å². The Hall–Kier alpha value is -1.82. The largest absolute Gasteiger partial charge is 0.274 e. The van der Waals surface area contributed by atoms with Crippen LogP contribution in [-0.4, -0.2) is 61.4 Å². The number of halogens is 1. The Bertz CT molecular complexity index is 1000. The van der Waals surface area contributed by atoms with Crippen molar-refractivity contribution in [1.29, 1.82) is 0 Å². The third-order valence-electron chi connectivity index (χ3n) is 4.39. The minimum Gasteiger partial charge on any atom is -0.274 e. The highest BCUT2D eigenvalue weighted by molar-refractivity contribution is 7.89. The van der Waals surface area contributed by atoms with Crippen LogP contribution in [0.15, 0.2) is 41.6 Å². The predicted octanol–water partition coefficient (Wildman–Crippen LogP) is 0.786. The Morgan fingerprint density at radius 2 is 1.63 bits per heavy atom. The zero-order valence-corrected chi connectivity index (χ0v) is 16.5. The maximum absolute atomic E-state index is 13.0. The van der Waals surface area contributed by atoms with Crippen LogP contribution >= 0.6 is 0 Å². The lowest BCUT2D eigenvalue weighted by Gasteiger charge is -2.21. The molecule has 3 rings (SSSR count). The van der Waals surface area contributed by atoms with Crippen molar-refractivity contribution in [2.75, 3.05) is 26.2 Å². The van der Waals surface area contributed by atoms with E-state index in [2.05, 4.69) is 5.10 Å². The lowest BCUT2D eigenvalue weighted by atomic mass is 10.2. The molecular weight excluding hydrogens is 395 g/mol. The molecule has 27 heavy (non-hydrogen) atoms. The summed E-state index contributed by atoms with van der Waals surface area (Å²) in [6, 6.07) is 5.30. The van der Waals surface area contributed by atoms with Gasteiger partial charge in [-0.2, -0.15) is 9.40 Å². The van der Waals surface area contributed by atoms with Gasteiger partial charge in [0.25, 0.3) is 0 Å². The van der Waals surface area contributed by atoms with Gasteiger partial charge in [-0.05, 0) is 24.1 Å². The number of hydrogen-bond donors (Lipinski definition) is 0. The summed E-state index contributed by atoms with van der Waals surface area (Å²) in [7, 11) is -5.71. The summed E-state index contributed by atoms with van der Waals surface area (Å²) in [4.78, 5) is 0.0904. The molecule has 0 N–H and O–H groups in total. The average Bonchev–Trinajstić information content (AvgIpc) is 2.89. The molecule has 1 aromatic carbocycles. The minimum absolute atomic E-state index is 0.0693. The normalized spacial score (nSPS) is 17.7. The first-order chi connectivity index (χ1) is 12.7. The third-order valence-corrected chi connectivity index (χ3v) is 8.09. The molecule has 1 aliphatic rings. The van der Waals surface area contributed by atoms with Crippen molar-refractivity contribution >= 4 is 20.0 Å². The Morgan fingerprint density at radius 1 is 1.00 bits per heavy atom. The molecule has 0 aliphatic carbocycles. The standard InChI is InChI=1S/C16H21FN4O4S2/c1-19-12-16(11-18-19)27(24,25)21-8-2-7-20(9-10-21)26(22,23)13-14-3-5-15(17)6-4-14/h3-6,11-12H,2,7-10,13H2,1H3. The van der Waals surface area contributed by atoms with E-state index >= 15 is 0 Å². The Balaban J connectivity index is 1.71. The fourth-order valence-electron chi connectivity index (χ4n) is 2.95. The molecule has 8 nitrogen and oxygen atoms in total. The highest BCUT2D eigenvalue weighted by Crippen LogP contribution is 2.19. The molecule has 11 heteroatoms. The van der Waals surface area contributed by atoms with Crippen molar-refractivity contribution in [3.8, 4) is 0 Å². The van der Waals surface area contributed by atoms with Gasteiger partial charge in [-0.25, -0.2) is 25.5 Å². The van der Waals surface area contributed by atoms with Crippen LogP contribution in [-0.2, 0) is 32.8 Å². The molecule has 1 saturated heterocycles. The number of benzene rings is 1. The fraction of sp³-hybridized carbons (Fsp3) is 0.438. The molecule has 0 radical (unpaired) electrons. The van der Waals surface area contributed by atoms with Crippen molar-refractivity contribution < 1.29 is 21.2 Å². The monoisotopic (exact) mass is 416 g/mol.